The Kier molecular flexibility index (Phi) is 10.6. The minimum Gasteiger partial charge on any atom is -0.462 e. The number of carbonyl (C=O) groups excluding carboxylic acids is 3. The minimum absolute atomic E-state index is 0.0667. The van der Waals surface area contributed by atoms with Crippen LogP contribution in [0.4, 0.5) is 9.59 Å². The summed E-state index contributed by atoms with van der Waals surface area (Å²) in [7, 11) is 0. The maximum atomic E-state index is 12.3. The Morgan fingerprint density at radius 2 is 1.68 bits per heavy atom. The van der Waals surface area contributed by atoms with Crippen LogP contribution >= 0.6 is 0 Å². The third-order valence-corrected chi connectivity index (χ3v) is 4.07. The molecule has 10 heteroatoms. The molecule has 1 aromatic carbocycles. The van der Waals surface area contributed by atoms with Crippen LogP contribution in [0.15, 0.2) is 48.2 Å². The number of aromatic nitrogens is 1. The van der Waals surface area contributed by atoms with E-state index in [0.29, 0.717) is 18.4 Å². The lowest BCUT2D eigenvalue weighted by Gasteiger charge is -2.11. The van der Waals surface area contributed by atoms with Gasteiger partial charge >= 0.3 is 18.3 Å². The van der Waals surface area contributed by atoms with Crippen molar-refractivity contribution in [2.24, 2.45) is 0 Å². The molecule has 1 aromatic heterocycles. The Morgan fingerprint density at radius 3 is 2.29 bits per heavy atom. The van der Waals surface area contributed by atoms with Crippen LogP contribution in [0.5, 0.6) is 11.5 Å². The molecule has 2 aromatic rings. The summed E-state index contributed by atoms with van der Waals surface area (Å²) in [5, 5.41) is 9.39. The SMILES string of the molecule is CCOC(=O)Oc1ccc(/C=C(\C#N)C(=O)OCCCc2ccccn2)cc1OC(=O)OCC. The Hall–Kier alpha value is -4.39. The van der Waals surface area contributed by atoms with Gasteiger partial charge in [-0.15, -0.1) is 0 Å². The second kappa shape index (κ2) is 13.9. The molecule has 0 saturated heterocycles. The standard InChI is InChI=1S/C24H24N2O8/c1-3-30-23(28)33-20-11-10-17(15-21(20)34-24(29)31-4-2)14-18(16-25)22(27)32-13-7-9-19-8-5-6-12-26-19/h5-6,8,10-12,14-15H,3-4,7,9,13H2,1-2H3/b18-14+. The predicted molar refractivity (Wildman–Crippen MR) is 119 cm³/mol. The summed E-state index contributed by atoms with van der Waals surface area (Å²) in [4.78, 5) is 39.9. The van der Waals surface area contributed by atoms with Crippen molar-refractivity contribution in [2.75, 3.05) is 19.8 Å². The highest BCUT2D eigenvalue weighted by Gasteiger charge is 2.17. The average molecular weight is 468 g/mol. The largest absolute Gasteiger partial charge is 0.513 e. The van der Waals surface area contributed by atoms with Crippen molar-refractivity contribution >= 4 is 24.4 Å². The van der Waals surface area contributed by atoms with Gasteiger partial charge in [-0.05, 0) is 62.6 Å². The number of hydrogen-bond donors (Lipinski definition) is 0. The number of nitriles is 1. The van der Waals surface area contributed by atoms with Gasteiger partial charge in [0.25, 0.3) is 0 Å². The van der Waals surface area contributed by atoms with Crippen LogP contribution in [-0.2, 0) is 25.4 Å². The molecule has 0 amide bonds. The summed E-state index contributed by atoms with van der Waals surface area (Å²) in [5.74, 6) is -1.08. The monoisotopic (exact) mass is 468 g/mol. The molecule has 0 spiro atoms. The summed E-state index contributed by atoms with van der Waals surface area (Å²) in [6.07, 6.45) is 2.08. The van der Waals surface area contributed by atoms with Crippen molar-refractivity contribution in [1.82, 2.24) is 4.98 Å². The molecule has 0 bridgehead atoms. The molecule has 178 valence electrons. The molecule has 0 saturated carbocycles. The number of hydrogen-bond acceptors (Lipinski definition) is 10. The van der Waals surface area contributed by atoms with Gasteiger partial charge in [-0.3, -0.25) is 4.98 Å². The second-order valence-corrected chi connectivity index (χ2v) is 6.51. The first kappa shape index (κ1) is 25.9. The number of aryl methyl sites for hydroxylation is 1. The van der Waals surface area contributed by atoms with E-state index in [-0.39, 0.29) is 36.9 Å². The van der Waals surface area contributed by atoms with Gasteiger partial charge in [0.15, 0.2) is 11.5 Å². The Morgan fingerprint density at radius 1 is 0.971 bits per heavy atom. The second-order valence-electron chi connectivity index (χ2n) is 6.51. The molecule has 0 aliphatic carbocycles. The summed E-state index contributed by atoms with van der Waals surface area (Å²) in [6.45, 7) is 3.46. The van der Waals surface area contributed by atoms with E-state index in [1.807, 2.05) is 18.2 Å². The van der Waals surface area contributed by atoms with Gasteiger partial charge in [0, 0.05) is 11.9 Å². The maximum absolute atomic E-state index is 12.3. The van der Waals surface area contributed by atoms with Crippen molar-refractivity contribution in [3.05, 3.63) is 59.4 Å². The van der Waals surface area contributed by atoms with E-state index < -0.39 is 18.3 Å². The molecule has 0 aliphatic heterocycles. The van der Waals surface area contributed by atoms with Gasteiger partial charge in [-0.25, -0.2) is 14.4 Å². The molecule has 34 heavy (non-hydrogen) atoms. The Balaban J connectivity index is 2.11. The molecular weight excluding hydrogens is 444 g/mol. The zero-order valence-electron chi connectivity index (χ0n) is 18.8. The highest BCUT2D eigenvalue weighted by Crippen LogP contribution is 2.30. The van der Waals surface area contributed by atoms with E-state index >= 15 is 0 Å². The number of esters is 1. The van der Waals surface area contributed by atoms with Gasteiger partial charge < -0.3 is 23.7 Å². The van der Waals surface area contributed by atoms with Gasteiger partial charge in [-0.2, -0.15) is 5.26 Å². The van der Waals surface area contributed by atoms with Crippen molar-refractivity contribution < 1.29 is 38.1 Å². The van der Waals surface area contributed by atoms with Crippen LogP contribution in [0.2, 0.25) is 0 Å². The predicted octanol–water partition coefficient (Wildman–Crippen LogP) is 4.24. The van der Waals surface area contributed by atoms with E-state index in [2.05, 4.69) is 4.98 Å². The van der Waals surface area contributed by atoms with Crippen molar-refractivity contribution in [2.45, 2.75) is 26.7 Å². The number of pyridine rings is 1. The Labute approximate surface area is 196 Å². The van der Waals surface area contributed by atoms with Crippen LogP contribution in [-0.4, -0.2) is 43.1 Å². The van der Waals surface area contributed by atoms with Crippen molar-refractivity contribution in [3.8, 4) is 17.6 Å². The van der Waals surface area contributed by atoms with Gasteiger partial charge in [0.05, 0.1) is 19.8 Å². The highest BCUT2D eigenvalue weighted by atomic mass is 16.7. The molecule has 10 nitrogen and oxygen atoms in total. The lowest BCUT2D eigenvalue weighted by Crippen LogP contribution is -2.14. The maximum Gasteiger partial charge on any atom is 0.513 e. The molecule has 1 heterocycles. The van der Waals surface area contributed by atoms with Crippen LogP contribution in [0, 0.1) is 11.3 Å². The quantitative estimate of drug-likeness (QED) is 0.124. The van der Waals surface area contributed by atoms with E-state index in [0.717, 1.165) is 5.69 Å². The zero-order chi connectivity index (χ0) is 24.8. The summed E-state index contributed by atoms with van der Waals surface area (Å²) < 4.78 is 24.7. The lowest BCUT2D eigenvalue weighted by molar-refractivity contribution is -0.138. The molecule has 0 N–H and O–H groups in total. The third kappa shape index (κ3) is 8.63. The smallest absolute Gasteiger partial charge is 0.462 e. The van der Waals surface area contributed by atoms with E-state index in [4.69, 9.17) is 23.7 Å². The summed E-state index contributed by atoms with van der Waals surface area (Å²) in [5.41, 5.74) is 0.922. The van der Waals surface area contributed by atoms with Crippen LogP contribution in [0.3, 0.4) is 0 Å². The highest BCUT2D eigenvalue weighted by molar-refractivity contribution is 5.98. The zero-order valence-corrected chi connectivity index (χ0v) is 18.8. The number of rotatable bonds is 10. The molecule has 0 fully saturated rings. The fourth-order valence-corrected chi connectivity index (χ4v) is 2.60. The van der Waals surface area contributed by atoms with Crippen LogP contribution < -0.4 is 9.47 Å². The minimum atomic E-state index is -1.02. The molecule has 0 radical (unpaired) electrons. The Bertz CT molecular complexity index is 1060. The summed E-state index contributed by atoms with van der Waals surface area (Å²) >= 11 is 0. The van der Waals surface area contributed by atoms with Gasteiger partial charge in [0.1, 0.15) is 11.6 Å². The molecule has 0 aliphatic rings. The van der Waals surface area contributed by atoms with Crippen molar-refractivity contribution in [3.63, 3.8) is 0 Å². The van der Waals surface area contributed by atoms with E-state index in [1.165, 1.54) is 24.3 Å². The first-order valence-electron chi connectivity index (χ1n) is 10.5. The fourth-order valence-electron chi connectivity index (χ4n) is 2.60. The van der Waals surface area contributed by atoms with Crippen LogP contribution in [0.1, 0.15) is 31.5 Å². The number of carbonyl (C=O) groups is 3. The van der Waals surface area contributed by atoms with Gasteiger partial charge in [-0.1, -0.05) is 12.1 Å². The number of benzene rings is 1. The fraction of sp³-hybridized carbons (Fsp3) is 0.292. The first-order chi connectivity index (χ1) is 16.5. The van der Waals surface area contributed by atoms with Crippen molar-refractivity contribution in [1.29, 1.82) is 5.26 Å². The van der Waals surface area contributed by atoms with E-state index in [1.54, 1.807) is 26.1 Å². The molecular formula is C24H24N2O8. The number of nitrogens with zero attached hydrogens (tertiary/aromatic N) is 2. The first-order valence-corrected chi connectivity index (χ1v) is 10.5. The van der Waals surface area contributed by atoms with Gasteiger partial charge in [0.2, 0.25) is 0 Å². The van der Waals surface area contributed by atoms with Crippen LogP contribution in [0.25, 0.3) is 6.08 Å². The summed E-state index contributed by atoms with van der Waals surface area (Å²) in [6, 6.07) is 11.4. The lowest BCUT2D eigenvalue weighted by atomic mass is 10.1. The molecule has 0 unspecified atom stereocenters. The number of ether oxygens (including phenoxy) is 5. The molecule has 0 atom stereocenters. The molecule has 2 rings (SSSR count). The average Bonchev–Trinajstić information content (AvgIpc) is 2.82. The topological polar surface area (TPSA) is 134 Å². The third-order valence-electron chi connectivity index (χ3n) is 4.07. The normalized spacial score (nSPS) is 10.6. The van der Waals surface area contributed by atoms with E-state index in [9.17, 15) is 19.6 Å².